The van der Waals surface area contributed by atoms with Gasteiger partial charge in [-0.15, -0.1) is 0 Å². The predicted molar refractivity (Wildman–Crippen MR) is 72.8 cm³/mol. The lowest BCUT2D eigenvalue weighted by Gasteiger charge is -2.27. The van der Waals surface area contributed by atoms with Gasteiger partial charge in [0.05, 0.1) is 12.7 Å². The molecule has 3 heteroatoms. The summed E-state index contributed by atoms with van der Waals surface area (Å²) in [6.45, 7) is 4.82. The fourth-order valence-corrected chi connectivity index (χ4v) is 2.40. The Morgan fingerprint density at radius 2 is 2.17 bits per heavy atom. The molecule has 2 rings (SSSR count). The molecule has 1 saturated heterocycles. The van der Waals surface area contributed by atoms with E-state index in [1.54, 1.807) is 0 Å². The molecule has 0 amide bonds. The summed E-state index contributed by atoms with van der Waals surface area (Å²) >= 11 is 0. The van der Waals surface area contributed by atoms with Gasteiger partial charge in [0, 0.05) is 12.5 Å². The molecular weight excluding hydrogens is 226 g/mol. The van der Waals surface area contributed by atoms with Gasteiger partial charge in [0.25, 0.3) is 0 Å². The van der Waals surface area contributed by atoms with Crippen LogP contribution < -0.4 is 10.1 Å². The third kappa shape index (κ3) is 3.47. The quantitative estimate of drug-likeness (QED) is 0.842. The van der Waals surface area contributed by atoms with Crippen molar-refractivity contribution in [3.8, 4) is 5.75 Å². The number of piperidine rings is 1. The van der Waals surface area contributed by atoms with Gasteiger partial charge in [-0.1, -0.05) is 19.1 Å². The number of aliphatic hydroxyl groups excluding tert-OH is 1. The Balaban J connectivity index is 1.95. The average Bonchev–Trinajstić information content (AvgIpc) is 2.46. The minimum Gasteiger partial charge on any atom is -0.494 e. The van der Waals surface area contributed by atoms with Crippen molar-refractivity contribution in [1.82, 2.24) is 5.32 Å². The summed E-state index contributed by atoms with van der Waals surface area (Å²) in [4.78, 5) is 0. The molecular formula is C15H23NO2. The van der Waals surface area contributed by atoms with E-state index < -0.39 is 0 Å². The van der Waals surface area contributed by atoms with Gasteiger partial charge >= 0.3 is 0 Å². The number of rotatable bonds is 5. The first-order valence-corrected chi connectivity index (χ1v) is 6.93. The fraction of sp³-hybridized carbons (Fsp3) is 0.600. The van der Waals surface area contributed by atoms with Crippen LogP contribution in [0.25, 0.3) is 0 Å². The second-order valence-electron chi connectivity index (χ2n) is 4.97. The van der Waals surface area contributed by atoms with Crippen LogP contribution >= 0.6 is 0 Å². The highest BCUT2D eigenvalue weighted by Gasteiger charge is 2.22. The van der Waals surface area contributed by atoms with Crippen molar-refractivity contribution in [2.75, 3.05) is 19.7 Å². The second-order valence-corrected chi connectivity index (χ2v) is 4.97. The molecule has 1 heterocycles. The number of nitrogens with one attached hydrogen (secondary N) is 1. The number of ether oxygens (including phenoxy) is 1. The minimum absolute atomic E-state index is 0.334. The Kier molecular flexibility index (Phi) is 5.02. The van der Waals surface area contributed by atoms with Crippen LogP contribution in [-0.4, -0.2) is 24.8 Å². The molecule has 3 nitrogen and oxygen atoms in total. The van der Waals surface area contributed by atoms with E-state index in [0.29, 0.717) is 5.92 Å². The van der Waals surface area contributed by atoms with Crippen LogP contribution in [0.2, 0.25) is 0 Å². The molecule has 0 saturated carbocycles. The van der Waals surface area contributed by atoms with Crippen molar-refractivity contribution in [3.63, 3.8) is 0 Å². The third-order valence-corrected chi connectivity index (χ3v) is 3.48. The molecule has 1 aromatic rings. The number of aliphatic hydroxyl groups is 1. The summed E-state index contributed by atoms with van der Waals surface area (Å²) in [6.07, 6.45) is 2.90. The Morgan fingerprint density at radius 3 is 2.78 bits per heavy atom. The molecule has 2 unspecified atom stereocenters. The van der Waals surface area contributed by atoms with Crippen LogP contribution in [0.15, 0.2) is 24.3 Å². The molecule has 18 heavy (non-hydrogen) atoms. The summed E-state index contributed by atoms with van der Waals surface area (Å²) in [5.41, 5.74) is 0.993. The zero-order chi connectivity index (χ0) is 12.8. The van der Waals surface area contributed by atoms with Gasteiger partial charge < -0.3 is 15.2 Å². The Hall–Kier alpha value is -1.06. The SMILES string of the molecule is CCCOc1ccc(C(O)C2CCCNC2)cc1. The molecule has 0 aliphatic carbocycles. The molecule has 2 atom stereocenters. The Morgan fingerprint density at radius 1 is 1.39 bits per heavy atom. The van der Waals surface area contributed by atoms with E-state index in [4.69, 9.17) is 4.74 Å². The highest BCUT2D eigenvalue weighted by Crippen LogP contribution is 2.28. The van der Waals surface area contributed by atoms with Crippen molar-refractivity contribution < 1.29 is 9.84 Å². The topological polar surface area (TPSA) is 41.5 Å². The third-order valence-electron chi connectivity index (χ3n) is 3.48. The molecule has 1 aliphatic rings. The molecule has 0 bridgehead atoms. The molecule has 0 spiro atoms. The molecule has 100 valence electrons. The second kappa shape index (κ2) is 6.76. The first-order chi connectivity index (χ1) is 8.81. The van der Waals surface area contributed by atoms with Gasteiger partial charge in [-0.05, 0) is 43.5 Å². The fourth-order valence-electron chi connectivity index (χ4n) is 2.40. The summed E-state index contributed by atoms with van der Waals surface area (Å²) in [7, 11) is 0. The van der Waals surface area contributed by atoms with Crippen molar-refractivity contribution in [2.24, 2.45) is 5.92 Å². The lowest BCUT2D eigenvalue weighted by Crippen LogP contribution is -2.33. The maximum Gasteiger partial charge on any atom is 0.119 e. The minimum atomic E-state index is -0.363. The highest BCUT2D eigenvalue weighted by molar-refractivity contribution is 5.28. The lowest BCUT2D eigenvalue weighted by molar-refractivity contribution is 0.0921. The normalized spacial score (nSPS) is 21.6. The molecule has 2 N–H and O–H groups in total. The van der Waals surface area contributed by atoms with Gasteiger partial charge in [-0.2, -0.15) is 0 Å². The largest absolute Gasteiger partial charge is 0.494 e. The highest BCUT2D eigenvalue weighted by atomic mass is 16.5. The van der Waals surface area contributed by atoms with Gasteiger partial charge in [0.15, 0.2) is 0 Å². The van der Waals surface area contributed by atoms with Crippen LogP contribution in [0.4, 0.5) is 0 Å². The van der Waals surface area contributed by atoms with Crippen molar-refractivity contribution >= 4 is 0 Å². The van der Waals surface area contributed by atoms with Crippen LogP contribution in [-0.2, 0) is 0 Å². The lowest BCUT2D eigenvalue weighted by atomic mass is 9.89. The van der Waals surface area contributed by atoms with E-state index in [2.05, 4.69) is 12.2 Å². The Labute approximate surface area is 109 Å². The van der Waals surface area contributed by atoms with Gasteiger partial charge in [-0.3, -0.25) is 0 Å². The van der Waals surface area contributed by atoms with Crippen LogP contribution in [0.5, 0.6) is 5.75 Å². The maximum atomic E-state index is 10.3. The van der Waals surface area contributed by atoms with E-state index in [1.165, 1.54) is 0 Å². The van der Waals surface area contributed by atoms with Crippen molar-refractivity contribution in [2.45, 2.75) is 32.3 Å². The predicted octanol–water partition coefficient (Wildman–Crippen LogP) is 2.51. The standard InChI is InChI=1S/C15H23NO2/c1-2-10-18-14-7-5-12(6-8-14)15(17)13-4-3-9-16-11-13/h5-8,13,15-17H,2-4,9-11H2,1H3. The first kappa shape index (κ1) is 13.4. The number of hydrogen-bond acceptors (Lipinski definition) is 3. The van der Waals surface area contributed by atoms with E-state index in [9.17, 15) is 5.11 Å². The van der Waals surface area contributed by atoms with Gasteiger partial charge in [-0.25, -0.2) is 0 Å². The number of benzene rings is 1. The molecule has 1 fully saturated rings. The smallest absolute Gasteiger partial charge is 0.119 e. The van der Waals surface area contributed by atoms with E-state index in [-0.39, 0.29) is 6.10 Å². The van der Waals surface area contributed by atoms with Gasteiger partial charge in [0.2, 0.25) is 0 Å². The monoisotopic (exact) mass is 249 g/mol. The summed E-state index contributed by atoms with van der Waals surface area (Å²) in [5, 5.41) is 13.7. The zero-order valence-corrected chi connectivity index (χ0v) is 11.1. The maximum absolute atomic E-state index is 10.3. The molecule has 0 radical (unpaired) electrons. The van der Waals surface area contributed by atoms with Crippen molar-refractivity contribution in [3.05, 3.63) is 29.8 Å². The molecule has 1 aromatic carbocycles. The van der Waals surface area contributed by atoms with Gasteiger partial charge in [0.1, 0.15) is 5.75 Å². The number of hydrogen-bond donors (Lipinski definition) is 2. The van der Waals surface area contributed by atoms with E-state index >= 15 is 0 Å². The first-order valence-electron chi connectivity index (χ1n) is 6.93. The molecule has 1 aliphatic heterocycles. The zero-order valence-electron chi connectivity index (χ0n) is 11.1. The van der Waals surface area contributed by atoms with E-state index in [0.717, 1.165) is 50.3 Å². The van der Waals surface area contributed by atoms with Crippen molar-refractivity contribution in [1.29, 1.82) is 0 Å². The summed E-state index contributed by atoms with van der Waals surface area (Å²) < 4.78 is 5.54. The summed E-state index contributed by atoms with van der Waals surface area (Å²) in [6, 6.07) is 7.85. The average molecular weight is 249 g/mol. The van der Waals surface area contributed by atoms with Crippen LogP contribution in [0, 0.1) is 5.92 Å². The van der Waals surface area contributed by atoms with Crippen LogP contribution in [0.3, 0.4) is 0 Å². The van der Waals surface area contributed by atoms with E-state index in [1.807, 2.05) is 24.3 Å². The Bertz CT molecular complexity index is 344. The summed E-state index contributed by atoms with van der Waals surface area (Å²) in [5.74, 6) is 1.22. The van der Waals surface area contributed by atoms with Crippen LogP contribution in [0.1, 0.15) is 37.9 Å². The molecule has 0 aromatic heterocycles.